The second kappa shape index (κ2) is 15.7. The summed E-state index contributed by atoms with van der Waals surface area (Å²) in [6, 6.07) is 24.2. The van der Waals surface area contributed by atoms with Crippen LogP contribution in [0.3, 0.4) is 0 Å². The number of hydroxylamine groups is 2. The van der Waals surface area contributed by atoms with Gasteiger partial charge in [-0.05, 0) is 80.3 Å². The number of fused-ring (bicyclic) bond motifs is 4. The van der Waals surface area contributed by atoms with Gasteiger partial charge in [-0.25, -0.2) is 0 Å². The molecular weight excluding hydrogens is 845 g/mol. The molecule has 0 unspecified atom stereocenters. The van der Waals surface area contributed by atoms with Gasteiger partial charge in [0.25, 0.3) is 0 Å². The molecule has 4 saturated heterocycles. The molecule has 0 radical (unpaired) electrons. The maximum absolute atomic E-state index is 15.5. The van der Waals surface area contributed by atoms with Crippen molar-refractivity contribution < 1.29 is 48.1 Å². The van der Waals surface area contributed by atoms with E-state index in [4.69, 9.17) is 23.8 Å². The van der Waals surface area contributed by atoms with Crippen LogP contribution in [0.5, 0.6) is 0 Å². The number of aliphatic hydroxyl groups excluding tert-OH is 1. The number of nitrogens with zero attached hydrogens (tertiary/aromatic N) is 2. The Morgan fingerprint density at radius 3 is 2.25 bits per heavy atom. The third-order valence-electron chi connectivity index (χ3n) is 11.6. The number of carbonyl (C=O) groups excluding carboxylic acids is 4. The van der Waals surface area contributed by atoms with Crippen molar-refractivity contribution in [2.45, 2.75) is 113 Å². The lowest BCUT2D eigenvalue weighted by Crippen LogP contribution is -2.70. The lowest BCUT2D eigenvalue weighted by molar-refractivity contribution is -0.214. The van der Waals surface area contributed by atoms with Crippen LogP contribution in [0.15, 0.2) is 84.9 Å². The van der Waals surface area contributed by atoms with Crippen LogP contribution in [0.4, 0.5) is 0 Å². The number of likely N-dealkylation sites (tertiary alicyclic amines) is 1. The topological polar surface area (TPSA) is 153 Å². The number of halogens is 1. The van der Waals surface area contributed by atoms with Gasteiger partial charge in [-0.1, -0.05) is 72.8 Å². The Labute approximate surface area is 345 Å². The molecular formula is C43H48IN3O10. The van der Waals surface area contributed by atoms with E-state index in [0.717, 1.165) is 20.3 Å². The Bertz CT molecular complexity index is 1940. The molecule has 2 amide bonds. The van der Waals surface area contributed by atoms with E-state index in [1.807, 2.05) is 84.9 Å². The van der Waals surface area contributed by atoms with Crippen molar-refractivity contribution in [2.24, 2.45) is 5.41 Å². The van der Waals surface area contributed by atoms with E-state index >= 15 is 4.79 Å². The zero-order valence-corrected chi connectivity index (χ0v) is 34.3. The third kappa shape index (κ3) is 7.37. The fourth-order valence-electron chi connectivity index (χ4n) is 9.18. The summed E-state index contributed by atoms with van der Waals surface area (Å²) < 4.78 is 26.8. The molecule has 13 nitrogen and oxygen atoms in total. The Balaban J connectivity index is 1.13. The Kier molecular flexibility index (Phi) is 11.0. The number of aliphatic hydroxyl groups is 1. The number of carbonyl (C=O) groups is 4. The molecule has 8 atom stereocenters. The van der Waals surface area contributed by atoms with Crippen molar-refractivity contribution in [1.29, 1.82) is 0 Å². The number of hydrogen-bond acceptors (Lipinski definition) is 11. The predicted molar refractivity (Wildman–Crippen MR) is 213 cm³/mol. The molecule has 0 aromatic heterocycles. The van der Waals surface area contributed by atoms with Gasteiger partial charge in [-0.15, -0.1) is 0 Å². The van der Waals surface area contributed by atoms with Crippen molar-refractivity contribution in [3.63, 3.8) is 0 Å². The highest BCUT2D eigenvalue weighted by Gasteiger charge is 2.77. The van der Waals surface area contributed by atoms with Crippen molar-refractivity contribution >= 4 is 46.3 Å². The van der Waals surface area contributed by atoms with E-state index in [0.29, 0.717) is 12.8 Å². The summed E-state index contributed by atoms with van der Waals surface area (Å²) in [6.45, 7) is 5.39. The minimum Gasteiger partial charge on any atom is -0.460 e. The van der Waals surface area contributed by atoms with E-state index in [1.165, 1.54) is 0 Å². The fraction of sp³-hybridized carbons (Fsp3) is 0.488. The molecule has 3 aromatic carbocycles. The maximum Gasteiger partial charge on any atom is 0.327 e. The van der Waals surface area contributed by atoms with Crippen LogP contribution in [-0.4, -0.2) is 100 Å². The largest absolute Gasteiger partial charge is 0.460 e. The van der Waals surface area contributed by atoms with E-state index in [1.54, 1.807) is 30.7 Å². The van der Waals surface area contributed by atoms with Gasteiger partial charge >= 0.3 is 11.9 Å². The molecule has 0 spiro atoms. The van der Waals surface area contributed by atoms with Crippen molar-refractivity contribution in [2.75, 3.05) is 13.2 Å². The summed E-state index contributed by atoms with van der Waals surface area (Å²) in [7, 11) is 0. The fourth-order valence-corrected chi connectivity index (χ4v) is 9.54. The number of amides is 2. The van der Waals surface area contributed by atoms with Gasteiger partial charge in [0.1, 0.15) is 41.5 Å². The van der Waals surface area contributed by atoms with Crippen LogP contribution in [-0.2, 0) is 55.3 Å². The first-order chi connectivity index (χ1) is 27.3. The van der Waals surface area contributed by atoms with Crippen LogP contribution in [0, 0.1) is 8.99 Å². The Hall–Kier alpha value is -3.93. The molecule has 57 heavy (non-hydrogen) atoms. The van der Waals surface area contributed by atoms with Gasteiger partial charge < -0.3 is 34.3 Å². The van der Waals surface area contributed by atoms with Gasteiger partial charge in [0.05, 0.1) is 19.2 Å². The first kappa shape index (κ1) is 39.9. The zero-order chi connectivity index (χ0) is 40.1. The van der Waals surface area contributed by atoms with Crippen molar-refractivity contribution in [1.82, 2.24) is 15.3 Å². The van der Waals surface area contributed by atoms with Gasteiger partial charge in [0.15, 0.2) is 6.04 Å². The molecule has 1 aliphatic carbocycles. The van der Waals surface area contributed by atoms with Crippen LogP contribution >= 0.6 is 22.6 Å². The standard InChI is InChI=1S/C43H48IN3O10/c1-41(2,3)54-33(49)21-20-30(25-48)45-38(50)31-15-10-22-46(31)40(52)42-23-32-34-35(56-43(55-34,27-11-6-4-7-12-27)28-13-8-5-9-14-28)37(42)57-47(36(42)39(51)53-32)24-26-16-18-29(44)19-17-26/h4-9,11-14,16-19,30-32,34-37,48H,10,15,20-25H2,1-3H3,(H,45,50)/t30-,31+,32+,34-,35-,36-,37+,42-/m0/s1. The third-order valence-corrected chi connectivity index (χ3v) is 12.3. The van der Waals surface area contributed by atoms with Gasteiger partial charge in [-0.2, -0.15) is 5.06 Å². The van der Waals surface area contributed by atoms with Crippen LogP contribution in [0.1, 0.15) is 69.6 Å². The van der Waals surface area contributed by atoms with E-state index < -0.39 is 89.7 Å². The highest BCUT2D eigenvalue weighted by atomic mass is 127. The SMILES string of the molecule is CC(C)(C)OC(=O)CC[C@@H](CO)NC(=O)[C@H]1CCCN1C(=O)[C@@]12C[C@H]3OC(=O)[C@@H]1N(Cc1ccc(I)cc1)O[C@@H]2[C@H]1OC(c2ccccc2)(c2ccccc2)O[C@H]13. The Morgan fingerprint density at radius 1 is 0.965 bits per heavy atom. The van der Waals surface area contributed by atoms with Gasteiger partial charge in [0.2, 0.25) is 17.6 Å². The number of esters is 2. The van der Waals surface area contributed by atoms with Gasteiger partial charge in [-0.3, -0.25) is 24.0 Å². The molecule has 5 fully saturated rings. The van der Waals surface area contributed by atoms with E-state index in [-0.39, 0.29) is 32.4 Å². The van der Waals surface area contributed by atoms with E-state index in [9.17, 15) is 19.5 Å². The molecule has 2 bridgehead atoms. The van der Waals surface area contributed by atoms with Crippen molar-refractivity contribution in [3.05, 3.63) is 105 Å². The smallest absolute Gasteiger partial charge is 0.327 e. The highest BCUT2D eigenvalue weighted by Crippen LogP contribution is 2.60. The predicted octanol–water partition coefficient (Wildman–Crippen LogP) is 4.37. The second-order valence-corrected chi connectivity index (χ2v) is 17.8. The lowest BCUT2D eigenvalue weighted by Gasteiger charge is -2.50. The van der Waals surface area contributed by atoms with Crippen molar-refractivity contribution in [3.8, 4) is 0 Å². The number of hydrogen-bond donors (Lipinski definition) is 2. The molecule has 4 heterocycles. The summed E-state index contributed by atoms with van der Waals surface area (Å²) >= 11 is 2.23. The minimum atomic E-state index is -1.49. The summed E-state index contributed by atoms with van der Waals surface area (Å²) in [5.41, 5.74) is 0.181. The first-order valence-corrected chi connectivity index (χ1v) is 20.7. The second-order valence-electron chi connectivity index (χ2n) is 16.5. The quantitative estimate of drug-likeness (QED) is 0.209. The van der Waals surface area contributed by atoms with E-state index in [2.05, 4.69) is 27.9 Å². The highest BCUT2D eigenvalue weighted by molar-refractivity contribution is 14.1. The monoisotopic (exact) mass is 893 g/mol. The summed E-state index contributed by atoms with van der Waals surface area (Å²) in [5, 5.41) is 14.6. The molecule has 8 rings (SSSR count). The summed E-state index contributed by atoms with van der Waals surface area (Å²) in [5.74, 6) is -3.28. The number of ether oxygens (including phenoxy) is 4. The molecule has 3 aromatic rings. The summed E-state index contributed by atoms with van der Waals surface area (Å²) in [6.07, 6.45) is -2.29. The maximum atomic E-state index is 15.5. The number of nitrogens with one attached hydrogen (secondary N) is 1. The Morgan fingerprint density at radius 2 is 1.61 bits per heavy atom. The summed E-state index contributed by atoms with van der Waals surface area (Å²) in [4.78, 5) is 64.7. The van der Waals surface area contributed by atoms with Crippen LogP contribution < -0.4 is 5.32 Å². The van der Waals surface area contributed by atoms with Crippen LogP contribution in [0.2, 0.25) is 0 Å². The molecule has 1 saturated carbocycles. The van der Waals surface area contributed by atoms with Gasteiger partial charge in [0, 0.05) is 34.1 Å². The molecule has 5 aliphatic rings. The number of rotatable bonds is 11. The average Bonchev–Trinajstić information content (AvgIpc) is 3.94. The molecule has 2 N–H and O–H groups in total. The molecule has 4 aliphatic heterocycles. The lowest BCUT2D eigenvalue weighted by atomic mass is 9.62. The molecule has 14 heteroatoms. The average molecular weight is 894 g/mol. The zero-order valence-electron chi connectivity index (χ0n) is 32.2. The molecule has 302 valence electrons. The number of benzene rings is 3. The normalized spacial score (nSPS) is 29.4. The van der Waals surface area contributed by atoms with Crippen LogP contribution in [0.25, 0.3) is 0 Å². The first-order valence-electron chi connectivity index (χ1n) is 19.6. The minimum absolute atomic E-state index is 0.00211.